The third-order valence-electron chi connectivity index (χ3n) is 3.42. The van der Waals surface area contributed by atoms with Crippen LogP contribution in [-0.2, 0) is 6.54 Å². The Kier molecular flexibility index (Phi) is 3.70. The summed E-state index contributed by atoms with van der Waals surface area (Å²) in [5.41, 5.74) is 0.440. The van der Waals surface area contributed by atoms with E-state index in [9.17, 15) is 0 Å². The number of piperazine rings is 1. The lowest BCUT2D eigenvalue weighted by atomic mass is 9.91. The first-order chi connectivity index (χ1) is 7.78. The zero-order valence-electron chi connectivity index (χ0n) is 11.0. The molecule has 0 spiro atoms. The highest BCUT2D eigenvalue weighted by atomic mass is 79.9. The van der Waals surface area contributed by atoms with E-state index in [-0.39, 0.29) is 11.1 Å². The Bertz CT molecular complexity index is 398. The third-order valence-corrected chi connectivity index (χ3v) is 5.03. The summed E-state index contributed by atoms with van der Waals surface area (Å²) in [4.78, 5) is 4.02. The van der Waals surface area contributed by atoms with Gasteiger partial charge in [0.1, 0.15) is 0 Å². The predicted molar refractivity (Wildman–Crippen MR) is 78.6 cm³/mol. The summed E-state index contributed by atoms with van der Waals surface area (Å²) in [6, 6.07) is 4.36. The lowest BCUT2D eigenvalue weighted by Gasteiger charge is -2.49. The van der Waals surface area contributed by atoms with Gasteiger partial charge in [0.05, 0.1) is 3.79 Å². The van der Waals surface area contributed by atoms with E-state index >= 15 is 0 Å². The topological polar surface area (TPSA) is 15.3 Å². The summed E-state index contributed by atoms with van der Waals surface area (Å²) in [5, 5.41) is 3.62. The summed E-state index contributed by atoms with van der Waals surface area (Å²) in [7, 11) is 0. The van der Waals surface area contributed by atoms with Crippen LogP contribution in [0.25, 0.3) is 0 Å². The van der Waals surface area contributed by atoms with Crippen molar-refractivity contribution in [1.82, 2.24) is 10.2 Å². The molecule has 1 saturated heterocycles. The molecule has 0 bridgehead atoms. The molecule has 96 valence electrons. The highest BCUT2D eigenvalue weighted by molar-refractivity contribution is 9.11. The smallest absolute Gasteiger partial charge is 0.0701 e. The molecule has 1 aromatic heterocycles. The van der Waals surface area contributed by atoms with Gasteiger partial charge in [0, 0.05) is 35.6 Å². The Balaban J connectivity index is 2.11. The van der Waals surface area contributed by atoms with Crippen molar-refractivity contribution < 1.29 is 0 Å². The Morgan fingerprint density at radius 2 is 2.06 bits per heavy atom. The minimum atomic E-state index is 0.212. The van der Waals surface area contributed by atoms with Crippen LogP contribution in [0.4, 0.5) is 0 Å². The van der Waals surface area contributed by atoms with Crippen LogP contribution in [0.5, 0.6) is 0 Å². The first-order valence-corrected chi connectivity index (χ1v) is 7.64. The highest BCUT2D eigenvalue weighted by Crippen LogP contribution is 2.29. The Hall–Kier alpha value is 0.1000. The Labute approximate surface area is 117 Å². The van der Waals surface area contributed by atoms with E-state index in [4.69, 9.17) is 0 Å². The number of nitrogens with one attached hydrogen (secondary N) is 1. The Morgan fingerprint density at radius 3 is 2.65 bits per heavy atom. The SMILES string of the molecule is CC1(C)CN(Cc2ccc(Br)s2)C(C)(C)CN1. The molecular formula is C13H21BrN2S. The summed E-state index contributed by atoms with van der Waals surface area (Å²) < 4.78 is 1.22. The second kappa shape index (κ2) is 4.65. The maximum absolute atomic E-state index is 3.62. The molecule has 2 rings (SSSR count). The molecule has 0 radical (unpaired) electrons. The van der Waals surface area contributed by atoms with E-state index in [1.54, 1.807) is 0 Å². The van der Waals surface area contributed by atoms with Gasteiger partial charge in [0.25, 0.3) is 0 Å². The van der Waals surface area contributed by atoms with Crippen molar-refractivity contribution in [2.75, 3.05) is 13.1 Å². The third kappa shape index (κ3) is 3.31. The van der Waals surface area contributed by atoms with E-state index < -0.39 is 0 Å². The van der Waals surface area contributed by atoms with Crippen LogP contribution in [0, 0.1) is 0 Å². The minimum absolute atomic E-state index is 0.212. The average Bonchev–Trinajstić information content (AvgIpc) is 2.59. The largest absolute Gasteiger partial charge is 0.309 e. The second-order valence-corrected chi connectivity index (χ2v) is 8.66. The number of halogens is 1. The summed E-state index contributed by atoms with van der Waals surface area (Å²) in [6.45, 7) is 12.4. The highest BCUT2D eigenvalue weighted by Gasteiger charge is 2.37. The quantitative estimate of drug-likeness (QED) is 0.898. The molecule has 1 aromatic rings. The molecule has 2 heterocycles. The van der Waals surface area contributed by atoms with Crippen LogP contribution in [0.3, 0.4) is 0 Å². The van der Waals surface area contributed by atoms with Crippen LogP contribution < -0.4 is 5.32 Å². The fourth-order valence-corrected chi connectivity index (χ4v) is 3.71. The number of hydrogen-bond acceptors (Lipinski definition) is 3. The second-order valence-electron chi connectivity index (χ2n) is 6.11. The van der Waals surface area contributed by atoms with Crippen molar-refractivity contribution >= 4 is 27.3 Å². The molecule has 0 amide bonds. The number of thiophene rings is 1. The molecule has 0 atom stereocenters. The van der Waals surface area contributed by atoms with Crippen molar-refractivity contribution in [1.29, 1.82) is 0 Å². The summed E-state index contributed by atoms with van der Waals surface area (Å²) >= 11 is 5.37. The molecule has 0 aromatic carbocycles. The molecule has 0 unspecified atom stereocenters. The molecule has 1 fully saturated rings. The van der Waals surface area contributed by atoms with Crippen LogP contribution in [0.1, 0.15) is 32.6 Å². The van der Waals surface area contributed by atoms with E-state index in [0.717, 1.165) is 19.6 Å². The molecule has 1 N–H and O–H groups in total. The van der Waals surface area contributed by atoms with Crippen molar-refractivity contribution in [3.8, 4) is 0 Å². The lowest BCUT2D eigenvalue weighted by molar-refractivity contribution is 0.0332. The van der Waals surface area contributed by atoms with Gasteiger partial charge < -0.3 is 5.32 Å². The van der Waals surface area contributed by atoms with Gasteiger partial charge in [-0.25, -0.2) is 0 Å². The summed E-state index contributed by atoms with van der Waals surface area (Å²) in [5.74, 6) is 0. The van der Waals surface area contributed by atoms with Crippen molar-refractivity contribution in [3.05, 3.63) is 20.8 Å². The van der Waals surface area contributed by atoms with Crippen LogP contribution in [-0.4, -0.2) is 29.1 Å². The molecule has 17 heavy (non-hydrogen) atoms. The molecule has 1 aliphatic heterocycles. The average molecular weight is 317 g/mol. The van der Waals surface area contributed by atoms with Gasteiger partial charge >= 0.3 is 0 Å². The maximum atomic E-state index is 3.62. The van der Waals surface area contributed by atoms with Crippen LogP contribution in [0.2, 0.25) is 0 Å². The van der Waals surface area contributed by atoms with Gasteiger partial charge in [0.2, 0.25) is 0 Å². The van der Waals surface area contributed by atoms with Crippen molar-refractivity contribution in [2.45, 2.75) is 45.3 Å². The first-order valence-electron chi connectivity index (χ1n) is 6.03. The zero-order valence-corrected chi connectivity index (χ0v) is 13.4. The predicted octanol–water partition coefficient (Wildman–Crippen LogP) is 3.47. The van der Waals surface area contributed by atoms with Gasteiger partial charge in [-0.15, -0.1) is 11.3 Å². The fraction of sp³-hybridized carbons (Fsp3) is 0.692. The van der Waals surface area contributed by atoms with Crippen LogP contribution >= 0.6 is 27.3 Å². The monoisotopic (exact) mass is 316 g/mol. The van der Waals surface area contributed by atoms with E-state index in [1.807, 2.05) is 11.3 Å². The molecule has 2 nitrogen and oxygen atoms in total. The van der Waals surface area contributed by atoms with Gasteiger partial charge in [-0.1, -0.05) is 0 Å². The number of rotatable bonds is 2. The fourth-order valence-electron chi connectivity index (χ4n) is 2.21. The molecule has 0 saturated carbocycles. The molecule has 0 aliphatic carbocycles. The van der Waals surface area contributed by atoms with E-state index in [1.165, 1.54) is 8.66 Å². The van der Waals surface area contributed by atoms with E-state index in [2.05, 4.69) is 66.0 Å². The maximum Gasteiger partial charge on any atom is 0.0701 e. The summed E-state index contributed by atoms with van der Waals surface area (Å²) in [6.07, 6.45) is 0. The van der Waals surface area contributed by atoms with Crippen molar-refractivity contribution in [2.24, 2.45) is 0 Å². The van der Waals surface area contributed by atoms with Gasteiger partial charge in [-0.3, -0.25) is 4.90 Å². The Morgan fingerprint density at radius 1 is 1.35 bits per heavy atom. The number of nitrogens with zero attached hydrogens (tertiary/aromatic N) is 1. The lowest BCUT2D eigenvalue weighted by Crippen LogP contribution is -2.65. The normalized spacial score (nSPS) is 23.8. The first kappa shape index (κ1) is 13.5. The minimum Gasteiger partial charge on any atom is -0.309 e. The van der Waals surface area contributed by atoms with Crippen LogP contribution in [0.15, 0.2) is 15.9 Å². The van der Waals surface area contributed by atoms with Gasteiger partial charge in [-0.2, -0.15) is 0 Å². The van der Waals surface area contributed by atoms with E-state index in [0.29, 0.717) is 0 Å². The van der Waals surface area contributed by atoms with Gasteiger partial charge in [-0.05, 0) is 55.8 Å². The molecular weight excluding hydrogens is 296 g/mol. The zero-order chi connectivity index (χ0) is 12.7. The van der Waals surface area contributed by atoms with Gasteiger partial charge in [0.15, 0.2) is 0 Å². The van der Waals surface area contributed by atoms with Crippen molar-refractivity contribution in [3.63, 3.8) is 0 Å². The number of hydrogen-bond donors (Lipinski definition) is 1. The standard InChI is InChI=1S/C13H21BrN2S/c1-12(2)9-16(13(3,4)8-15-12)7-10-5-6-11(14)17-10/h5-6,15H,7-9H2,1-4H3. The molecule has 1 aliphatic rings. The molecule has 4 heteroatoms.